The van der Waals surface area contributed by atoms with E-state index >= 15 is 0 Å². The standard InChI is InChI=1S/C13H14F5N3O/c1-7-3-9(13(16,17)18)19-8(2)11(7)20-10(22)4-21-5-12(14,15)6-21/h3H,4-6H2,1-2H3,(H,20,22). The van der Waals surface area contributed by atoms with Crippen LogP contribution in [0.3, 0.4) is 0 Å². The van der Waals surface area contributed by atoms with Gasteiger partial charge in [-0.1, -0.05) is 0 Å². The van der Waals surface area contributed by atoms with E-state index in [-0.39, 0.29) is 23.5 Å². The highest BCUT2D eigenvalue weighted by atomic mass is 19.4. The van der Waals surface area contributed by atoms with Crippen LogP contribution in [0.15, 0.2) is 6.07 Å². The summed E-state index contributed by atoms with van der Waals surface area (Å²) in [7, 11) is 0. The Morgan fingerprint density at radius 2 is 1.95 bits per heavy atom. The Bertz CT molecular complexity index is 569. The first-order chi connectivity index (χ1) is 9.98. The second-order valence-electron chi connectivity index (χ2n) is 5.33. The first-order valence-electron chi connectivity index (χ1n) is 6.43. The molecule has 1 amide bonds. The Morgan fingerprint density at radius 1 is 1.36 bits per heavy atom. The van der Waals surface area contributed by atoms with Crippen molar-refractivity contribution in [1.82, 2.24) is 9.88 Å². The summed E-state index contributed by atoms with van der Waals surface area (Å²) < 4.78 is 63.2. The van der Waals surface area contributed by atoms with Crippen molar-refractivity contribution in [3.63, 3.8) is 0 Å². The Morgan fingerprint density at radius 3 is 2.41 bits per heavy atom. The number of pyridine rings is 1. The Balaban J connectivity index is 2.05. The van der Waals surface area contributed by atoms with Gasteiger partial charge in [0.15, 0.2) is 0 Å². The van der Waals surface area contributed by atoms with E-state index < -0.39 is 36.8 Å². The van der Waals surface area contributed by atoms with Gasteiger partial charge in [-0.05, 0) is 25.5 Å². The number of amides is 1. The largest absolute Gasteiger partial charge is 0.433 e. The highest BCUT2D eigenvalue weighted by molar-refractivity contribution is 5.93. The molecule has 1 aromatic rings. The fraction of sp³-hybridized carbons (Fsp3) is 0.538. The quantitative estimate of drug-likeness (QED) is 0.870. The second-order valence-corrected chi connectivity index (χ2v) is 5.33. The first kappa shape index (κ1) is 16.6. The van der Waals surface area contributed by atoms with Crippen LogP contribution in [0.25, 0.3) is 0 Å². The molecule has 2 heterocycles. The van der Waals surface area contributed by atoms with E-state index in [1.54, 1.807) is 0 Å². The summed E-state index contributed by atoms with van der Waals surface area (Å²) >= 11 is 0. The molecular formula is C13H14F5N3O. The van der Waals surface area contributed by atoms with Gasteiger partial charge in [0.25, 0.3) is 5.92 Å². The third-order valence-electron chi connectivity index (χ3n) is 3.23. The topological polar surface area (TPSA) is 45.2 Å². The fourth-order valence-corrected chi connectivity index (χ4v) is 2.27. The zero-order valence-corrected chi connectivity index (χ0v) is 11.9. The normalized spacial score (nSPS) is 18.0. The summed E-state index contributed by atoms with van der Waals surface area (Å²) in [5.74, 6) is -3.34. The van der Waals surface area contributed by atoms with Gasteiger partial charge in [-0.15, -0.1) is 0 Å². The number of nitrogens with one attached hydrogen (secondary N) is 1. The number of rotatable bonds is 3. The highest BCUT2D eigenvalue weighted by Gasteiger charge is 2.44. The lowest BCUT2D eigenvalue weighted by atomic mass is 10.1. The lowest BCUT2D eigenvalue weighted by molar-refractivity contribution is -0.141. The summed E-state index contributed by atoms with van der Waals surface area (Å²) in [6.45, 7) is 1.52. The van der Waals surface area contributed by atoms with Crippen LogP contribution in [0.2, 0.25) is 0 Å². The van der Waals surface area contributed by atoms with Crippen molar-refractivity contribution in [3.8, 4) is 0 Å². The maximum absolute atomic E-state index is 12.7. The van der Waals surface area contributed by atoms with Crippen LogP contribution in [-0.2, 0) is 11.0 Å². The van der Waals surface area contributed by atoms with Crippen LogP contribution in [0.4, 0.5) is 27.6 Å². The molecule has 0 atom stereocenters. The number of halogens is 5. The van der Waals surface area contributed by atoms with Crippen molar-refractivity contribution in [2.24, 2.45) is 0 Å². The maximum atomic E-state index is 12.7. The molecule has 1 saturated heterocycles. The number of likely N-dealkylation sites (tertiary alicyclic amines) is 1. The smallest absolute Gasteiger partial charge is 0.323 e. The molecule has 1 N–H and O–H groups in total. The average Bonchev–Trinajstić information content (AvgIpc) is 2.30. The van der Waals surface area contributed by atoms with Crippen molar-refractivity contribution in [1.29, 1.82) is 0 Å². The number of carbonyl (C=O) groups excluding carboxylic acids is 1. The third kappa shape index (κ3) is 3.70. The monoisotopic (exact) mass is 323 g/mol. The van der Waals surface area contributed by atoms with Gasteiger partial charge in [-0.2, -0.15) is 13.2 Å². The molecule has 0 aliphatic carbocycles. The molecule has 1 aliphatic rings. The first-order valence-corrected chi connectivity index (χ1v) is 6.43. The molecule has 4 nitrogen and oxygen atoms in total. The zero-order valence-electron chi connectivity index (χ0n) is 11.9. The van der Waals surface area contributed by atoms with Crippen LogP contribution in [0, 0.1) is 13.8 Å². The number of anilines is 1. The molecule has 0 spiro atoms. The minimum absolute atomic E-state index is 0.0228. The van der Waals surface area contributed by atoms with Crippen molar-refractivity contribution in [2.45, 2.75) is 25.9 Å². The summed E-state index contributed by atoms with van der Waals surface area (Å²) in [5.41, 5.74) is -0.634. The van der Waals surface area contributed by atoms with Crippen molar-refractivity contribution in [3.05, 3.63) is 23.0 Å². The number of hydrogen-bond acceptors (Lipinski definition) is 3. The Kier molecular flexibility index (Phi) is 4.12. The van der Waals surface area contributed by atoms with Crippen LogP contribution < -0.4 is 5.32 Å². The third-order valence-corrected chi connectivity index (χ3v) is 3.23. The van der Waals surface area contributed by atoms with E-state index in [9.17, 15) is 26.7 Å². The molecule has 9 heteroatoms. The van der Waals surface area contributed by atoms with Gasteiger partial charge >= 0.3 is 6.18 Å². The van der Waals surface area contributed by atoms with Crippen molar-refractivity contribution in [2.75, 3.05) is 25.0 Å². The molecule has 0 radical (unpaired) electrons. The van der Waals surface area contributed by atoms with E-state index in [1.165, 1.54) is 18.7 Å². The average molecular weight is 323 g/mol. The van der Waals surface area contributed by atoms with Gasteiger partial charge in [-0.3, -0.25) is 9.69 Å². The highest BCUT2D eigenvalue weighted by Crippen LogP contribution is 2.31. The van der Waals surface area contributed by atoms with Crippen LogP contribution in [0.1, 0.15) is 17.0 Å². The van der Waals surface area contributed by atoms with E-state index in [4.69, 9.17) is 0 Å². The molecule has 0 unspecified atom stereocenters. The molecule has 0 saturated carbocycles. The van der Waals surface area contributed by atoms with Gasteiger partial charge in [0, 0.05) is 0 Å². The van der Waals surface area contributed by atoms with Crippen molar-refractivity contribution < 1.29 is 26.7 Å². The van der Waals surface area contributed by atoms with E-state index in [0.29, 0.717) is 0 Å². The Hall–Kier alpha value is -1.77. The molecule has 2 rings (SSSR count). The number of aryl methyl sites for hydroxylation is 2. The SMILES string of the molecule is Cc1cc(C(F)(F)F)nc(C)c1NC(=O)CN1CC(F)(F)C1. The maximum Gasteiger partial charge on any atom is 0.433 e. The lowest BCUT2D eigenvalue weighted by Crippen LogP contribution is -2.57. The van der Waals surface area contributed by atoms with Gasteiger partial charge in [0.05, 0.1) is 31.0 Å². The number of aromatic nitrogens is 1. The van der Waals surface area contributed by atoms with Crippen molar-refractivity contribution >= 4 is 11.6 Å². The zero-order chi connectivity index (χ0) is 16.7. The molecule has 1 aromatic heterocycles. The summed E-state index contributed by atoms with van der Waals surface area (Å²) in [6, 6.07) is 0.834. The van der Waals surface area contributed by atoms with E-state index in [0.717, 1.165) is 6.07 Å². The van der Waals surface area contributed by atoms with Gasteiger partial charge < -0.3 is 5.32 Å². The summed E-state index contributed by atoms with van der Waals surface area (Å²) in [5, 5.41) is 2.43. The summed E-state index contributed by atoms with van der Waals surface area (Å²) in [4.78, 5) is 16.4. The van der Waals surface area contributed by atoms with Gasteiger partial charge in [0.2, 0.25) is 5.91 Å². The number of nitrogens with zero attached hydrogens (tertiary/aromatic N) is 2. The van der Waals surface area contributed by atoms with Crippen LogP contribution in [-0.4, -0.2) is 41.3 Å². The molecule has 0 aromatic carbocycles. The van der Waals surface area contributed by atoms with Gasteiger partial charge in [0.1, 0.15) is 5.69 Å². The minimum Gasteiger partial charge on any atom is -0.323 e. The van der Waals surface area contributed by atoms with Crippen LogP contribution in [0.5, 0.6) is 0 Å². The lowest BCUT2D eigenvalue weighted by Gasteiger charge is -2.38. The summed E-state index contributed by atoms with van der Waals surface area (Å²) in [6.07, 6.45) is -4.57. The van der Waals surface area contributed by atoms with E-state index in [2.05, 4.69) is 10.3 Å². The molecular weight excluding hydrogens is 309 g/mol. The minimum atomic E-state index is -4.57. The second kappa shape index (κ2) is 5.45. The molecule has 122 valence electrons. The van der Waals surface area contributed by atoms with Crippen LogP contribution >= 0.6 is 0 Å². The molecule has 22 heavy (non-hydrogen) atoms. The molecule has 1 aliphatic heterocycles. The van der Waals surface area contributed by atoms with E-state index in [1.807, 2.05) is 0 Å². The van der Waals surface area contributed by atoms with Gasteiger partial charge in [-0.25, -0.2) is 13.8 Å². The molecule has 0 bridgehead atoms. The fourth-order valence-electron chi connectivity index (χ4n) is 2.27. The Labute approximate surface area is 123 Å². The number of carbonyl (C=O) groups is 1. The number of alkyl halides is 5. The predicted molar refractivity (Wildman–Crippen MR) is 68.7 cm³/mol. The predicted octanol–water partition coefficient (Wildman–Crippen LogP) is 2.61. The number of hydrogen-bond donors (Lipinski definition) is 1. The molecule has 1 fully saturated rings.